The maximum absolute atomic E-state index is 15.3. The van der Waals surface area contributed by atoms with Crippen LogP contribution in [0.15, 0.2) is 65.5 Å². The van der Waals surface area contributed by atoms with Crippen LogP contribution in [0.3, 0.4) is 0 Å². The van der Waals surface area contributed by atoms with E-state index < -0.39 is 61.2 Å². The van der Waals surface area contributed by atoms with Crippen LogP contribution in [0.25, 0.3) is 0 Å². The summed E-state index contributed by atoms with van der Waals surface area (Å²) < 4.78 is 22.5. The Morgan fingerprint density at radius 2 is 1.41 bits per heavy atom. The fourth-order valence-electron chi connectivity index (χ4n) is 9.52. The second kappa shape index (κ2) is 13.5. The molecule has 51 heavy (non-hydrogen) atoms. The van der Waals surface area contributed by atoms with Crippen molar-refractivity contribution in [1.29, 1.82) is 0 Å². The molecule has 5 atom stereocenters. The summed E-state index contributed by atoms with van der Waals surface area (Å²) in [5.41, 5.74) is 0.476. The molecule has 1 saturated carbocycles. The minimum atomic E-state index is -2.51. The SMILES string of the molecule is CC(C)[Si](O[C@H]1C[C@@H]2OC(=O)[C@]3(CNC(=O)OC(C)(C)C)C(=O)c4c(n(Cc5ccccc5)c(=O)n4Cc4ccccc4)[C@H]1[C@H]23)(C(C)C)C(C)C. The molecule has 0 bridgehead atoms. The molecule has 3 aliphatic rings. The minimum Gasteiger partial charge on any atom is -0.461 e. The summed E-state index contributed by atoms with van der Waals surface area (Å²) >= 11 is 0. The van der Waals surface area contributed by atoms with E-state index in [-0.39, 0.29) is 47.6 Å². The van der Waals surface area contributed by atoms with Crippen molar-refractivity contribution in [1.82, 2.24) is 14.5 Å². The Labute approximate surface area is 302 Å². The van der Waals surface area contributed by atoms with Crippen LogP contribution in [0.2, 0.25) is 16.6 Å². The lowest BCUT2D eigenvalue weighted by Gasteiger charge is -2.46. The van der Waals surface area contributed by atoms with Crippen molar-refractivity contribution in [3.63, 3.8) is 0 Å². The van der Waals surface area contributed by atoms with Gasteiger partial charge >= 0.3 is 17.8 Å². The zero-order valence-electron chi connectivity index (χ0n) is 31.4. The molecule has 2 aromatic carbocycles. The Morgan fingerprint density at radius 1 is 0.882 bits per heavy atom. The van der Waals surface area contributed by atoms with Crippen molar-refractivity contribution in [2.75, 3.05) is 6.54 Å². The van der Waals surface area contributed by atoms with Crippen molar-refractivity contribution in [3.05, 3.63) is 93.7 Å². The van der Waals surface area contributed by atoms with Crippen molar-refractivity contribution in [3.8, 4) is 0 Å². The minimum absolute atomic E-state index is 0.134. The lowest BCUT2D eigenvalue weighted by molar-refractivity contribution is -0.147. The van der Waals surface area contributed by atoms with E-state index in [1.807, 2.05) is 60.7 Å². The standard InChI is InChI=1S/C40H53N3O7Si/c1-24(2)51(25(3)4,26(5)6)50-29-20-30-32-31(29)33-34(35(44)40(32,36(45)48-30)23-41-37(46)49-39(7,8)9)43(22-28-18-14-11-15-19-28)38(47)42(33)21-27-16-12-10-13-17-27/h10-19,24-26,29-32H,20-23H2,1-9H3,(H,41,46)/t29-,30-,31+,32-,40-/m0/s1. The van der Waals surface area contributed by atoms with Gasteiger partial charge in [0.15, 0.2) is 5.41 Å². The van der Waals surface area contributed by atoms with Gasteiger partial charge in [-0.05, 0) is 48.5 Å². The van der Waals surface area contributed by atoms with E-state index in [0.29, 0.717) is 12.1 Å². The third-order valence-electron chi connectivity index (χ3n) is 11.4. The maximum Gasteiger partial charge on any atom is 0.407 e. The van der Waals surface area contributed by atoms with E-state index in [1.54, 1.807) is 25.3 Å². The fourth-order valence-corrected chi connectivity index (χ4v) is 15.1. The highest BCUT2D eigenvalue weighted by Crippen LogP contribution is 2.62. The van der Waals surface area contributed by atoms with Crippen molar-refractivity contribution < 1.29 is 28.3 Å². The van der Waals surface area contributed by atoms with Gasteiger partial charge in [0, 0.05) is 24.8 Å². The molecular weight excluding hydrogens is 663 g/mol. The topological polar surface area (TPSA) is 118 Å². The molecule has 6 rings (SSSR count). The van der Waals surface area contributed by atoms with Gasteiger partial charge in [0.25, 0.3) is 0 Å². The maximum atomic E-state index is 15.3. The van der Waals surface area contributed by atoms with Gasteiger partial charge in [0.05, 0.1) is 24.9 Å². The summed E-state index contributed by atoms with van der Waals surface area (Å²) in [4.78, 5) is 57.4. The normalized spacial score (nSPS) is 24.2. The highest BCUT2D eigenvalue weighted by atomic mass is 28.4. The van der Waals surface area contributed by atoms with Crippen LogP contribution in [-0.4, -0.2) is 59.7 Å². The average Bonchev–Trinajstić information content (AvgIpc) is 3.64. The molecule has 2 heterocycles. The van der Waals surface area contributed by atoms with Crippen LogP contribution in [0, 0.1) is 11.3 Å². The molecule has 0 spiro atoms. The number of Topliss-reactive ketones (excluding diaryl/α,β-unsaturated/α-hetero) is 1. The molecule has 1 amide bonds. The zero-order chi connectivity index (χ0) is 37.0. The Balaban J connectivity index is 1.59. The number of hydrogen-bond donors (Lipinski definition) is 1. The summed E-state index contributed by atoms with van der Waals surface area (Å²) in [6, 6.07) is 19.2. The number of alkyl carbamates (subject to hydrolysis) is 1. The van der Waals surface area contributed by atoms with E-state index >= 15 is 4.79 Å². The van der Waals surface area contributed by atoms with E-state index in [0.717, 1.165) is 11.1 Å². The van der Waals surface area contributed by atoms with Crippen molar-refractivity contribution >= 4 is 26.2 Å². The summed E-state index contributed by atoms with van der Waals surface area (Å²) in [5.74, 6) is -2.37. The number of ether oxygens (including phenoxy) is 2. The van der Waals surface area contributed by atoms with Crippen LogP contribution in [0.1, 0.15) is 102 Å². The summed E-state index contributed by atoms with van der Waals surface area (Å²) in [6.45, 7) is 18.7. The summed E-state index contributed by atoms with van der Waals surface area (Å²) in [7, 11) is -2.51. The highest BCUT2D eigenvalue weighted by Gasteiger charge is 2.73. The lowest BCUT2D eigenvalue weighted by Crippen LogP contribution is -2.57. The first-order chi connectivity index (χ1) is 24.0. The number of amides is 1. The number of esters is 1. The fraction of sp³-hybridized carbons (Fsp3) is 0.550. The number of benzene rings is 2. The van der Waals surface area contributed by atoms with Gasteiger partial charge in [-0.15, -0.1) is 0 Å². The number of nitrogens with zero attached hydrogens (tertiary/aromatic N) is 2. The first-order valence-corrected chi connectivity index (χ1v) is 20.5. The van der Waals surface area contributed by atoms with E-state index in [9.17, 15) is 14.4 Å². The van der Waals surface area contributed by atoms with Crippen molar-refractivity contribution in [2.24, 2.45) is 11.3 Å². The second-order valence-corrected chi connectivity index (χ2v) is 21.9. The van der Waals surface area contributed by atoms with Gasteiger partial charge < -0.3 is 19.2 Å². The van der Waals surface area contributed by atoms with E-state index in [4.69, 9.17) is 13.9 Å². The Hall–Kier alpha value is -3.96. The lowest BCUT2D eigenvalue weighted by atomic mass is 9.62. The smallest absolute Gasteiger partial charge is 0.407 e. The number of aromatic nitrogens is 2. The van der Waals surface area contributed by atoms with Crippen LogP contribution >= 0.6 is 0 Å². The average molecular weight is 716 g/mol. The predicted octanol–water partition coefficient (Wildman–Crippen LogP) is 7.04. The first-order valence-electron chi connectivity index (χ1n) is 18.3. The molecule has 10 nitrogen and oxygen atoms in total. The van der Waals surface area contributed by atoms with Gasteiger partial charge in [-0.25, -0.2) is 9.59 Å². The van der Waals surface area contributed by atoms with Gasteiger partial charge in [-0.3, -0.25) is 18.7 Å². The van der Waals surface area contributed by atoms with Crippen LogP contribution in [0.4, 0.5) is 4.79 Å². The van der Waals surface area contributed by atoms with Gasteiger partial charge in [-0.1, -0.05) is 102 Å². The number of carbonyl (C=O) groups excluding carboxylic acids is 3. The number of carbonyl (C=O) groups is 3. The molecule has 0 unspecified atom stereocenters. The molecule has 1 aliphatic heterocycles. The molecule has 0 radical (unpaired) electrons. The largest absolute Gasteiger partial charge is 0.461 e. The molecule has 1 N–H and O–H groups in total. The van der Waals surface area contributed by atoms with Gasteiger partial charge in [0.2, 0.25) is 14.1 Å². The number of imidazole rings is 1. The molecule has 2 fully saturated rings. The van der Waals surface area contributed by atoms with Crippen LogP contribution < -0.4 is 11.0 Å². The molecule has 11 heteroatoms. The highest BCUT2D eigenvalue weighted by molar-refractivity contribution is 6.77. The zero-order valence-corrected chi connectivity index (χ0v) is 32.4. The van der Waals surface area contributed by atoms with E-state index in [2.05, 4.69) is 46.9 Å². The number of ketones is 1. The number of hydrogen-bond acceptors (Lipinski definition) is 7. The number of rotatable bonds is 11. The molecule has 3 aromatic rings. The Kier molecular flexibility index (Phi) is 9.78. The predicted molar refractivity (Wildman–Crippen MR) is 197 cm³/mol. The number of nitrogens with one attached hydrogen (secondary N) is 1. The third kappa shape index (κ3) is 6.20. The van der Waals surface area contributed by atoms with Crippen LogP contribution in [-0.2, 0) is 31.8 Å². The third-order valence-corrected chi connectivity index (χ3v) is 17.5. The first kappa shape index (κ1) is 36.8. The quantitative estimate of drug-likeness (QED) is 0.129. The van der Waals surface area contributed by atoms with Gasteiger partial charge in [-0.2, -0.15) is 0 Å². The second-order valence-electron chi connectivity index (χ2n) is 16.5. The molecular formula is C40H53N3O7Si. The van der Waals surface area contributed by atoms with Crippen molar-refractivity contribution in [2.45, 2.75) is 122 Å². The summed E-state index contributed by atoms with van der Waals surface area (Å²) in [5, 5.41) is 2.77. The van der Waals surface area contributed by atoms with E-state index in [1.165, 1.54) is 4.57 Å². The molecule has 274 valence electrons. The molecule has 1 saturated heterocycles. The molecule has 2 aliphatic carbocycles. The number of fused-ring (bicyclic) bond motifs is 2. The van der Waals surface area contributed by atoms with Crippen LogP contribution in [0.5, 0.6) is 0 Å². The Bertz CT molecular complexity index is 1820. The monoisotopic (exact) mass is 715 g/mol. The summed E-state index contributed by atoms with van der Waals surface area (Å²) in [6.07, 6.45) is -1.38. The Morgan fingerprint density at radius 3 is 1.92 bits per heavy atom. The molecule has 1 aromatic heterocycles. The van der Waals surface area contributed by atoms with Gasteiger partial charge in [0.1, 0.15) is 17.4 Å².